The summed E-state index contributed by atoms with van der Waals surface area (Å²) < 4.78 is 0. The molecule has 1 amide bonds. The highest BCUT2D eigenvalue weighted by atomic mass is 35.5. The van der Waals surface area contributed by atoms with E-state index < -0.39 is 0 Å². The van der Waals surface area contributed by atoms with Crippen LogP contribution in [-0.2, 0) is 4.79 Å². The number of benzene rings is 2. The van der Waals surface area contributed by atoms with Crippen molar-refractivity contribution in [2.45, 2.75) is 18.9 Å². The number of carbonyl (C=O) groups is 1. The first-order valence-corrected chi connectivity index (χ1v) is 8.59. The number of aliphatic hydroxyl groups excluding tert-OH is 1. The van der Waals surface area contributed by atoms with Crippen molar-refractivity contribution in [1.82, 2.24) is 5.32 Å². The summed E-state index contributed by atoms with van der Waals surface area (Å²) in [5.41, 5.74) is 1.07. The van der Waals surface area contributed by atoms with E-state index in [1.807, 2.05) is 0 Å². The second-order valence-corrected chi connectivity index (χ2v) is 6.57. The van der Waals surface area contributed by atoms with Crippen LogP contribution in [0.5, 0.6) is 0 Å². The maximum Gasteiger partial charge on any atom is 0.256 e. The second kappa shape index (κ2) is 7.72. The van der Waals surface area contributed by atoms with E-state index in [2.05, 4.69) is 10.3 Å². The maximum atomic E-state index is 12.5. The molecule has 1 saturated carbocycles. The molecule has 0 radical (unpaired) electrons. The van der Waals surface area contributed by atoms with Crippen LogP contribution in [0.3, 0.4) is 0 Å². The average molecular weight is 375 g/mol. The molecule has 0 heterocycles. The van der Waals surface area contributed by atoms with Gasteiger partial charge in [0.15, 0.2) is 0 Å². The van der Waals surface area contributed by atoms with Gasteiger partial charge in [-0.2, -0.15) is 0 Å². The smallest absolute Gasteiger partial charge is 0.256 e. The highest BCUT2D eigenvalue weighted by molar-refractivity contribution is 6.33. The molecule has 3 rings (SSSR count). The van der Waals surface area contributed by atoms with Gasteiger partial charge in [0.05, 0.1) is 10.7 Å². The van der Waals surface area contributed by atoms with Crippen LogP contribution in [0.2, 0.25) is 10.0 Å². The zero-order valence-electron chi connectivity index (χ0n) is 13.2. The number of hydrogen-bond donors (Lipinski definition) is 2. The first-order chi connectivity index (χ1) is 12.0. The monoisotopic (exact) mass is 374 g/mol. The third-order valence-corrected chi connectivity index (χ3v) is 4.29. The van der Waals surface area contributed by atoms with Gasteiger partial charge in [0.25, 0.3) is 5.91 Å². The van der Waals surface area contributed by atoms with Crippen molar-refractivity contribution in [3.8, 4) is 0 Å². The van der Waals surface area contributed by atoms with Crippen LogP contribution in [-0.4, -0.2) is 23.3 Å². The Bertz CT molecular complexity index is 841. The lowest BCUT2D eigenvalue weighted by Crippen LogP contribution is -2.28. The van der Waals surface area contributed by atoms with Crippen molar-refractivity contribution in [2.24, 2.45) is 4.99 Å². The summed E-state index contributed by atoms with van der Waals surface area (Å²) in [5, 5.41) is 14.4. The third kappa shape index (κ3) is 4.62. The normalized spacial score (nSPS) is 15.1. The zero-order chi connectivity index (χ0) is 17.8. The Morgan fingerprint density at radius 1 is 1.12 bits per heavy atom. The molecule has 0 atom stereocenters. The van der Waals surface area contributed by atoms with Gasteiger partial charge in [0, 0.05) is 22.8 Å². The van der Waals surface area contributed by atoms with E-state index in [0.717, 1.165) is 12.8 Å². The third-order valence-electron chi connectivity index (χ3n) is 3.71. The number of hydrogen-bond acceptors (Lipinski definition) is 3. The van der Waals surface area contributed by atoms with Crippen molar-refractivity contribution in [3.63, 3.8) is 0 Å². The van der Waals surface area contributed by atoms with Gasteiger partial charge >= 0.3 is 0 Å². The largest absolute Gasteiger partial charge is 0.506 e. The zero-order valence-corrected chi connectivity index (χ0v) is 14.8. The Labute approximate surface area is 155 Å². The molecule has 0 aromatic heterocycles. The molecule has 0 saturated heterocycles. The van der Waals surface area contributed by atoms with E-state index in [4.69, 9.17) is 23.2 Å². The van der Waals surface area contributed by atoms with Crippen LogP contribution in [0.4, 0.5) is 5.69 Å². The van der Waals surface area contributed by atoms with Crippen LogP contribution < -0.4 is 5.32 Å². The standard InChI is InChI=1S/C19H16Cl2N2O2/c20-12-5-7-13(8-6-12)22-11-16(19(25)23-14-9-10-14)18(24)15-3-1-2-4-17(15)21/h1-8,11,14,24H,9-10H2,(H,23,25)/b18-16-,22-11?. The maximum absolute atomic E-state index is 12.5. The Hall–Kier alpha value is -2.30. The quantitative estimate of drug-likeness (QED) is 0.442. The van der Waals surface area contributed by atoms with E-state index in [9.17, 15) is 9.90 Å². The molecule has 128 valence electrons. The highest BCUT2D eigenvalue weighted by Gasteiger charge is 2.26. The summed E-state index contributed by atoms with van der Waals surface area (Å²) >= 11 is 12.0. The predicted molar refractivity (Wildman–Crippen MR) is 102 cm³/mol. The second-order valence-electron chi connectivity index (χ2n) is 5.72. The van der Waals surface area contributed by atoms with Crippen molar-refractivity contribution in [3.05, 3.63) is 69.7 Å². The molecule has 1 aliphatic rings. The molecule has 25 heavy (non-hydrogen) atoms. The molecule has 1 fully saturated rings. The van der Waals surface area contributed by atoms with E-state index in [0.29, 0.717) is 21.3 Å². The molecule has 0 unspecified atom stereocenters. The van der Waals surface area contributed by atoms with Gasteiger partial charge < -0.3 is 10.4 Å². The number of rotatable bonds is 5. The van der Waals surface area contributed by atoms with Crippen molar-refractivity contribution in [2.75, 3.05) is 0 Å². The molecule has 0 aliphatic heterocycles. The van der Waals surface area contributed by atoms with Crippen LogP contribution in [0.25, 0.3) is 5.76 Å². The molecule has 0 bridgehead atoms. The number of amides is 1. The first-order valence-electron chi connectivity index (χ1n) is 7.83. The summed E-state index contributed by atoms with van der Waals surface area (Å²) in [6, 6.07) is 13.8. The van der Waals surface area contributed by atoms with Crippen LogP contribution in [0.1, 0.15) is 18.4 Å². The van der Waals surface area contributed by atoms with Gasteiger partial charge in [-0.25, -0.2) is 0 Å². The van der Waals surface area contributed by atoms with Gasteiger partial charge in [-0.15, -0.1) is 0 Å². The molecule has 1 aliphatic carbocycles. The van der Waals surface area contributed by atoms with Gasteiger partial charge in [-0.1, -0.05) is 35.3 Å². The van der Waals surface area contributed by atoms with E-state index in [-0.39, 0.29) is 23.3 Å². The molecule has 6 heteroatoms. The minimum absolute atomic E-state index is 0.0648. The topological polar surface area (TPSA) is 61.7 Å². The van der Waals surface area contributed by atoms with E-state index in [1.165, 1.54) is 6.21 Å². The fourth-order valence-corrected chi connectivity index (χ4v) is 2.53. The summed E-state index contributed by atoms with van der Waals surface area (Å²) in [6.07, 6.45) is 3.24. The fourth-order valence-electron chi connectivity index (χ4n) is 2.18. The first kappa shape index (κ1) is 17.5. The molecule has 0 spiro atoms. The van der Waals surface area contributed by atoms with Gasteiger partial charge in [-0.05, 0) is 49.2 Å². The van der Waals surface area contributed by atoms with Crippen LogP contribution in [0.15, 0.2) is 59.1 Å². The van der Waals surface area contributed by atoms with Crippen molar-refractivity contribution in [1.29, 1.82) is 0 Å². The number of nitrogens with zero attached hydrogens (tertiary/aromatic N) is 1. The summed E-state index contributed by atoms with van der Waals surface area (Å²) in [7, 11) is 0. The summed E-state index contributed by atoms with van der Waals surface area (Å²) in [6.45, 7) is 0. The SMILES string of the molecule is O=C(NC1CC1)/C(C=Nc1ccc(Cl)cc1)=C(\O)c1ccccc1Cl. The fraction of sp³-hybridized carbons (Fsp3) is 0.158. The average Bonchev–Trinajstić information content (AvgIpc) is 3.41. The van der Waals surface area contributed by atoms with Gasteiger partial charge in [-0.3, -0.25) is 9.79 Å². The van der Waals surface area contributed by atoms with Crippen LogP contribution >= 0.6 is 23.2 Å². The number of aliphatic hydroxyl groups is 1. The van der Waals surface area contributed by atoms with Crippen molar-refractivity contribution >= 4 is 46.8 Å². The minimum Gasteiger partial charge on any atom is -0.506 e. The minimum atomic E-state index is -0.377. The van der Waals surface area contributed by atoms with Gasteiger partial charge in [0.2, 0.25) is 0 Å². The van der Waals surface area contributed by atoms with Crippen LogP contribution in [0, 0.1) is 0 Å². The number of halogens is 2. The highest BCUT2D eigenvalue weighted by Crippen LogP contribution is 2.26. The number of nitrogens with one attached hydrogen (secondary N) is 1. The molecular weight excluding hydrogens is 359 g/mol. The molecular formula is C19H16Cl2N2O2. The number of carbonyl (C=O) groups excluding carboxylic acids is 1. The van der Waals surface area contributed by atoms with E-state index in [1.54, 1.807) is 48.5 Å². The van der Waals surface area contributed by atoms with Crippen molar-refractivity contribution < 1.29 is 9.90 Å². The lowest BCUT2D eigenvalue weighted by Gasteiger charge is -2.09. The molecule has 2 aromatic rings. The Morgan fingerprint density at radius 2 is 1.80 bits per heavy atom. The Morgan fingerprint density at radius 3 is 2.44 bits per heavy atom. The molecule has 2 N–H and O–H groups in total. The molecule has 2 aromatic carbocycles. The lowest BCUT2D eigenvalue weighted by molar-refractivity contribution is -0.117. The molecule has 4 nitrogen and oxygen atoms in total. The summed E-state index contributed by atoms with van der Waals surface area (Å²) in [5.74, 6) is -0.584. The Kier molecular flexibility index (Phi) is 5.41. The number of aliphatic imine (C=N–C) groups is 1. The Balaban J connectivity index is 1.96. The predicted octanol–water partition coefficient (Wildman–Crippen LogP) is 4.94. The summed E-state index contributed by atoms with van der Waals surface area (Å²) in [4.78, 5) is 16.8. The van der Waals surface area contributed by atoms with E-state index >= 15 is 0 Å². The lowest BCUT2D eigenvalue weighted by atomic mass is 10.1. The van der Waals surface area contributed by atoms with Gasteiger partial charge in [0.1, 0.15) is 11.3 Å².